The first-order valence-corrected chi connectivity index (χ1v) is 5.17. The van der Waals surface area contributed by atoms with Gasteiger partial charge in [0.2, 0.25) is 0 Å². The molecule has 3 rings (SSSR count). The summed E-state index contributed by atoms with van der Waals surface area (Å²) in [6.07, 6.45) is 0. The van der Waals surface area contributed by atoms with E-state index in [0.717, 1.165) is 21.7 Å². The zero-order chi connectivity index (χ0) is 10.3. The topological polar surface area (TPSA) is 12.9 Å². The Hall–Kier alpha value is -1.60. The molecule has 15 heavy (non-hydrogen) atoms. The van der Waals surface area contributed by atoms with E-state index in [1.807, 2.05) is 36.4 Å². The van der Waals surface area contributed by atoms with Crippen molar-refractivity contribution in [2.24, 2.45) is 0 Å². The lowest BCUT2D eigenvalue weighted by molar-refractivity contribution is 1.44. The molecule has 1 heterocycles. The predicted molar refractivity (Wildman–Crippen MR) is 64.3 cm³/mol. The standard InChI is InChI=1S/C13H8ClN/c14-13-11-7-2-1-5-9(11)10-6-3-4-8-12(10)15-13/h1-8H. The molecule has 0 atom stereocenters. The highest BCUT2D eigenvalue weighted by atomic mass is 35.5. The fourth-order valence-electron chi connectivity index (χ4n) is 1.86. The van der Waals surface area contributed by atoms with Crippen molar-refractivity contribution in [2.45, 2.75) is 0 Å². The molecule has 0 unspecified atom stereocenters. The summed E-state index contributed by atoms with van der Waals surface area (Å²) in [6, 6.07) is 16.1. The fourth-order valence-corrected chi connectivity index (χ4v) is 2.12. The summed E-state index contributed by atoms with van der Waals surface area (Å²) >= 11 is 6.12. The number of halogens is 1. The highest BCUT2D eigenvalue weighted by Crippen LogP contribution is 2.28. The summed E-state index contributed by atoms with van der Waals surface area (Å²) in [5, 5.41) is 3.90. The molecule has 0 N–H and O–H groups in total. The summed E-state index contributed by atoms with van der Waals surface area (Å²) in [7, 11) is 0. The molecular formula is C13H8ClN. The van der Waals surface area contributed by atoms with E-state index in [1.165, 1.54) is 0 Å². The molecule has 2 heteroatoms. The maximum Gasteiger partial charge on any atom is 0.137 e. The lowest BCUT2D eigenvalue weighted by Gasteiger charge is -2.04. The van der Waals surface area contributed by atoms with Gasteiger partial charge in [-0.2, -0.15) is 0 Å². The molecule has 0 bridgehead atoms. The van der Waals surface area contributed by atoms with Crippen LogP contribution in [0.4, 0.5) is 0 Å². The van der Waals surface area contributed by atoms with Gasteiger partial charge in [0, 0.05) is 10.8 Å². The van der Waals surface area contributed by atoms with Crippen LogP contribution in [0.1, 0.15) is 0 Å². The van der Waals surface area contributed by atoms with Crippen LogP contribution in [0.3, 0.4) is 0 Å². The van der Waals surface area contributed by atoms with E-state index in [9.17, 15) is 0 Å². The number of benzene rings is 2. The van der Waals surface area contributed by atoms with Crippen molar-refractivity contribution in [3.63, 3.8) is 0 Å². The Morgan fingerprint density at radius 3 is 2.13 bits per heavy atom. The van der Waals surface area contributed by atoms with Gasteiger partial charge >= 0.3 is 0 Å². The van der Waals surface area contributed by atoms with Crippen molar-refractivity contribution >= 4 is 33.3 Å². The third-order valence-electron chi connectivity index (χ3n) is 2.56. The Bertz CT molecular complexity index is 646. The van der Waals surface area contributed by atoms with Crippen LogP contribution in [0.2, 0.25) is 5.15 Å². The van der Waals surface area contributed by atoms with Crippen molar-refractivity contribution in [1.29, 1.82) is 0 Å². The molecular weight excluding hydrogens is 206 g/mol. The number of nitrogens with zero attached hydrogens (tertiary/aromatic N) is 1. The minimum Gasteiger partial charge on any atom is -0.235 e. The Labute approximate surface area is 92.3 Å². The van der Waals surface area contributed by atoms with Crippen LogP contribution in [0.5, 0.6) is 0 Å². The van der Waals surface area contributed by atoms with Gasteiger partial charge in [-0.25, -0.2) is 4.98 Å². The van der Waals surface area contributed by atoms with E-state index in [4.69, 9.17) is 11.6 Å². The second kappa shape index (κ2) is 3.21. The number of hydrogen-bond acceptors (Lipinski definition) is 1. The van der Waals surface area contributed by atoms with Crippen molar-refractivity contribution in [3.8, 4) is 0 Å². The second-order valence-corrected chi connectivity index (χ2v) is 3.82. The minimum absolute atomic E-state index is 0.573. The van der Waals surface area contributed by atoms with Gasteiger partial charge in [0.15, 0.2) is 0 Å². The van der Waals surface area contributed by atoms with Gasteiger partial charge in [0.25, 0.3) is 0 Å². The van der Waals surface area contributed by atoms with Gasteiger partial charge in [-0.1, -0.05) is 54.1 Å². The molecule has 1 nitrogen and oxygen atoms in total. The van der Waals surface area contributed by atoms with Crippen LogP contribution >= 0.6 is 11.6 Å². The minimum atomic E-state index is 0.573. The molecule has 0 aliphatic heterocycles. The van der Waals surface area contributed by atoms with Crippen LogP contribution in [-0.4, -0.2) is 4.98 Å². The maximum absolute atomic E-state index is 6.12. The molecule has 0 radical (unpaired) electrons. The van der Waals surface area contributed by atoms with E-state index in [0.29, 0.717) is 5.15 Å². The normalized spacial score (nSPS) is 11.0. The Morgan fingerprint density at radius 2 is 1.33 bits per heavy atom. The molecule has 3 aromatic rings. The molecule has 72 valence electrons. The maximum atomic E-state index is 6.12. The first-order chi connectivity index (χ1) is 7.36. The summed E-state index contributed by atoms with van der Waals surface area (Å²) in [5.74, 6) is 0. The monoisotopic (exact) mass is 213 g/mol. The molecule has 1 aromatic heterocycles. The predicted octanol–water partition coefficient (Wildman–Crippen LogP) is 4.04. The molecule has 2 aromatic carbocycles. The highest BCUT2D eigenvalue weighted by molar-refractivity contribution is 6.35. The van der Waals surface area contributed by atoms with E-state index >= 15 is 0 Å². The number of fused-ring (bicyclic) bond motifs is 3. The van der Waals surface area contributed by atoms with Crippen molar-refractivity contribution in [2.75, 3.05) is 0 Å². The van der Waals surface area contributed by atoms with Crippen LogP contribution in [0, 0.1) is 0 Å². The number of aromatic nitrogens is 1. The average Bonchev–Trinajstić information content (AvgIpc) is 2.30. The van der Waals surface area contributed by atoms with E-state index in [1.54, 1.807) is 0 Å². The molecule has 0 fully saturated rings. The highest BCUT2D eigenvalue weighted by Gasteiger charge is 2.04. The number of rotatable bonds is 0. The van der Waals surface area contributed by atoms with E-state index in [-0.39, 0.29) is 0 Å². The largest absolute Gasteiger partial charge is 0.235 e. The summed E-state index contributed by atoms with van der Waals surface area (Å²) < 4.78 is 0. The first kappa shape index (κ1) is 8.69. The van der Waals surface area contributed by atoms with Gasteiger partial charge in [0.1, 0.15) is 5.15 Å². The van der Waals surface area contributed by atoms with Gasteiger partial charge in [0.05, 0.1) is 5.52 Å². The fraction of sp³-hybridized carbons (Fsp3) is 0. The zero-order valence-corrected chi connectivity index (χ0v) is 8.70. The van der Waals surface area contributed by atoms with Crippen molar-refractivity contribution in [3.05, 3.63) is 53.7 Å². The van der Waals surface area contributed by atoms with Gasteiger partial charge < -0.3 is 0 Å². The van der Waals surface area contributed by atoms with Crippen molar-refractivity contribution < 1.29 is 0 Å². The smallest absolute Gasteiger partial charge is 0.137 e. The Kier molecular flexibility index (Phi) is 1.86. The summed E-state index contributed by atoms with van der Waals surface area (Å²) in [5.41, 5.74) is 0.946. The SMILES string of the molecule is Clc1nc2ccccc2c2ccccc12. The van der Waals surface area contributed by atoms with Gasteiger partial charge in [-0.3, -0.25) is 0 Å². The number of pyridine rings is 1. The van der Waals surface area contributed by atoms with Crippen molar-refractivity contribution in [1.82, 2.24) is 4.98 Å². The molecule has 0 saturated heterocycles. The zero-order valence-electron chi connectivity index (χ0n) is 7.94. The third-order valence-corrected chi connectivity index (χ3v) is 2.85. The molecule has 0 spiro atoms. The number of para-hydroxylation sites is 1. The first-order valence-electron chi connectivity index (χ1n) is 4.79. The summed E-state index contributed by atoms with van der Waals surface area (Å²) in [6.45, 7) is 0. The van der Waals surface area contributed by atoms with Crippen LogP contribution in [-0.2, 0) is 0 Å². The Balaban J connectivity index is 2.64. The van der Waals surface area contributed by atoms with Crippen LogP contribution < -0.4 is 0 Å². The quantitative estimate of drug-likeness (QED) is 0.406. The van der Waals surface area contributed by atoms with E-state index < -0.39 is 0 Å². The number of hydrogen-bond donors (Lipinski definition) is 0. The van der Waals surface area contributed by atoms with Gasteiger partial charge in [-0.05, 0) is 11.5 Å². The lowest BCUT2D eigenvalue weighted by Crippen LogP contribution is -1.83. The lowest BCUT2D eigenvalue weighted by atomic mass is 10.1. The van der Waals surface area contributed by atoms with E-state index in [2.05, 4.69) is 17.1 Å². The average molecular weight is 214 g/mol. The molecule has 0 saturated carbocycles. The van der Waals surface area contributed by atoms with Gasteiger partial charge in [-0.15, -0.1) is 0 Å². The Morgan fingerprint density at radius 1 is 0.733 bits per heavy atom. The molecule has 0 amide bonds. The molecule has 0 aliphatic carbocycles. The second-order valence-electron chi connectivity index (χ2n) is 3.47. The summed E-state index contributed by atoms with van der Waals surface area (Å²) in [4.78, 5) is 4.37. The third kappa shape index (κ3) is 1.28. The van der Waals surface area contributed by atoms with Crippen LogP contribution in [0.25, 0.3) is 21.7 Å². The van der Waals surface area contributed by atoms with Crippen LogP contribution in [0.15, 0.2) is 48.5 Å². The molecule has 0 aliphatic rings.